The van der Waals surface area contributed by atoms with Gasteiger partial charge in [-0.2, -0.15) is 11.8 Å². The molecule has 2 rings (SSSR count). The van der Waals surface area contributed by atoms with E-state index in [0.29, 0.717) is 0 Å². The lowest BCUT2D eigenvalue weighted by atomic mass is 10.2. The first-order valence-electron chi connectivity index (χ1n) is 7.74. The molecule has 0 aromatic carbocycles. The summed E-state index contributed by atoms with van der Waals surface area (Å²) in [6.07, 6.45) is 1.34. The first-order valence-corrected chi connectivity index (χ1v) is 9.71. The Labute approximate surface area is 132 Å². The van der Waals surface area contributed by atoms with Crippen LogP contribution in [0.1, 0.15) is 35.6 Å². The van der Waals surface area contributed by atoms with Gasteiger partial charge in [-0.25, -0.2) is 0 Å². The molecule has 1 aromatic heterocycles. The molecule has 1 saturated heterocycles. The minimum Gasteiger partial charge on any atom is -0.312 e. The van der Waals surface area contributed by atoms with Crippen molar-refractivity contribution in [2.45, 2.75) is 40.3 Å². The van der Waals surface area contributed by atoms with E-state index in [1.165, 1.54) is 40.8 Å². The van der Waals surface area contributed by atoms with E-state index >= 15 is 0 Å². The van der Waals surface area contributed by atoms with Crippen LogP contribution in [0, 0.1) is 12.8 Å². The third-order valence-corrected chi connectivity index (χ3v) is 5.77. The number of rotatable bonds is 6. The van der Waals surface area contributed by atoms with Gasteiger partial charge in [-0.05, 0) is 49.7 Å². The van der Waals surface area contributed by atoms with Crippen molar-refractivity contribution in [3.8, 4) is 0 Å². The summed E-state index contributed by atoms with van der Waals surface area (Å²) in [5, 5.41) is 3.55. The normalized spacial score (nSPS) is 17.6. The second kappa shape index (κ2) is 8.42. The first-order chi connectivity index (χ1) is 9.65. The van der Waals surface area contributed by atoms with Gasteiger partial charge in [-0.3, -0.25) is 4.90 Å². The molecular weight excluding hydrogens is 284 g/mol. The van der Waals surface area contributed by atoms with Gasteiger partial charge in [0.15, 0.2) is 0 Å². The molecule has 0 spiro atoms. The predicted octanol–water partition coefficient (Wildman–Crippen LogP) is 3.74. The topological polar surface area (TPSA) is 15.3 Å². The van der Waals surface area contributed by atoms with Crippen LogP contribution >= 0.6 is 23.1 Å². The molecule has 1 N–H and O–H groups in total. The van der Waals surface area contributed by atoms with Gasteiger partial charge in [0.05, 0.1) is 0 Å². The van der Waals surface area contributed by atoms with Crippen molar-refractivity contribution in [1.82, 2.24) is 10.2 Å². The van der Waals surface area contributed by atoms with Crippen LogP contribution in [0.2, 0.25) is 0 Å². The Morgan fingerprint density at radius 2 is 2.15 bits per heavy atom. The third kappa shape index (κ3) is 5.40. The van der Waals surface area contributed by atoms with Crippen LogP contribution in [0.4, 0.5) is 0 Å². The smallest absolute Gasteiger partial charge is 0.0300 e. The van der Waals surface area contributed by atoms with Gasteiger partial charge in [0.1, 0.15) is 0 Å². The Bertz CT molecular complexity index is 393. The molecule has 1 aliphatic rings. The summed E-state index contributed by atoms with van der Waals surface area (Å²) in [4.78, 5) is 5.62. The van der Waals surface area contributed by atoms with Crippen molar-refractivity contribution in [2.24, 2.45) is 5.92 Å². The Balaban J connectivity index is 1.86. The molecule has 0 saturated carbocycles. The molecule has 0 radical (unpaired) electrons. The molecule has 0 aliphatic carbocycles. The average Bonchev–Trinajstić information content (AvgIpc) is 2.61. The molecule has 0 unspecified atom stereocenters. The van der Waals surface area contributed by atoms with E-state index in [2.05, 4.69) is 48.8 Å². The summed E-state index contributed by atoms with van der Waals surface area (Å²) in [6.45, 7) is 12.6. The molecular formula is C16H28N2S2. The second-order valence-corrected chi connectivity index (χ2v) is 8.63. The van der Waals surface area contributed by atoms with E-state index in [1.807, 2.05) is 11.3 Å². The fraction of sp³-hybridized carbons (Fsp3) is 0.750. The minimum atomic E-state index is 0.727. The molecule has 1 fully saturated rings. The first kappa shape index (κ1) is 16.3. The average molecular weight is 313 g/mol. The van der Waals surface area contributed by atoms with E-state index in [-0.39, 0.29) is 0 Å². The van der Waals surface area contributed by atoms with Gasteiger partial charge in [0.25, 0.3) is 0 Å². The van der Waals surface area contributed by atoms with Gasteiger partial charge in [0, 0.05) is 35.1 Å². The van der Waals surface area contributed by atoms with Crippen molar-refractivity contribution in [1.29, 1.82) is 0 Å². The Hall–Kier alpha value is -0.0300. The largest absolute Gasteiger partial charge is 0.312 e. The van der Waals surface area contributed by atoms with Gasteiger partial charge >= 0.3 is 0 Å². The van der Waals surface area contributed by atoms with Crippen LogP contribution in [0.3, 0.4) is 0 Å². The molecule has 0 bridgehead atoms. The van der Waals surface area contributed by atoms with Gasteiger partial charge in [-0.15, -0.1) is 11.3 Å². The lowest BCUT2D eigenvalue weighted by Gasteiger charge is -2.19. The lowest BCUT2D eigenvalue weighted by molar-refractivity contribution is 0.287. The number of hydrogen-bond acceptors (Lipinski definition) is 4. The monoisotopic (exact) mass is 312 g/mol. The number of hydrogen-bond donors (Lipinski definition) is 1. The van der Waals surface area contributed by atoms with Crippen molar-refractivity contribution < 1.29 is 0 Å². The number of nitrogens with zero attached hydrogens (tertiary/aromatic N) is 1. The van der Waals surface area contributed by atoms with Gasteiger partial charge in [-0.1, -0.05) is 13.8 Å². The van der Waals surface area contributed by atoms with Crippen molar-refractivity contribution in [2.75, 3.05) is 31.1 Å². The van der Waals surface area contributed by atoms with Crippen molar-refractivity contribution >= 4 is 23.1 Å². The molecule has 0 atom stereocenters. The van der Waals surface area contributed by atoms with Crippen LogP contribution in [0.5, 0.6) is 0 Å². The lowest BCUT2D eigenvalue weighted by Crippen LogP contribution is -2.25. The standard InChI is InChI=1S/C16H28N2S2/c1-13(2)10-17-11-16-9-15(14(3)20-16)12-18-5-4-7-19-8-6-18/h9,13,17H,4-8,10-12H2,1-3H3. The predicted molar refractivity (Wildman–Crippen MR) is 92.8 cm³/mol. The SMILES string of the molecule is Cc1sc(CNCC(C)C)cc1CN1CCCSCC1. The summed E-state index contributed by atoms with van der Waals surface area (Å²) in [5.74, 6) is 3.36. The van der Waals surface area contributed by atoms with E-state index in [0.717, 1.165) is 25.6 Å². The maximum atomic E-state index is 3.55. The van der Waals surface area contributed by atoms with E-state index in [1.54, 1.807) is 5.56 Å². The van der Waals surface area contributed by atoms with Crippen LogP contribution in [0.15, 0.2) is 6.07 Å². The van der Waals surface area contributed by atoms with E-state index < -0.39 is 0 Å². The molecule has 20 heavy (non-hydrogen) atoms. The molecule has 114 valence electrons. The third-order valence-electron chi connectivity index (χ3n) is 3.63. The highest BCUT2D eigenvalue weighted by Crippen LogP contribution is 2.24. The molecule has 2 nitrogen and oxygen atoms in total. The Morgan fingerprint density at radius 3 is 2.95 bits per heavy atom. The molecule has 1 aliphatic heterocycles. The van der Waals surface area contributed by atoms with Gasteiger partial charge in [0.2, 0.25) is 0 Å². The number of thiophene rings is 1. The molecule has 2 heterocycles. The summed E-state index contributed by atoms with van der Waals surface area (Å²) in [6, 6.07) is 2.42. The van der Waals surface area contributed by atoms with E-state index in [4.69, 9.17) is 0 Å². The van der Waals surface area contributed by atoms with Crippen LogP contribution in [-0.4, -0.2) is 36.0 Å². The zero-order valence-electron chi connectivity index (χ0n) is 13.1. The number of thioether (sulfide) groups is 1. The maximum absolute atomic E-state index is 3.55. The molecule has 0 amide bonds. The highest BCUT2D eigenvalue weighted by atomic mass is 32.2. The highest BCUT2D eigenvalue weighted by Gasteiger charge is 2.13. The second-order valence-electron chi connectivity index (χ2n) is 6.06. The van der Waals surface area contributed by atoms with Crippen molar-refractivity contribution in [3.63, 3.8) is 0 Å². The quantitative estimate of drug-likeness (QED) is 0.861. The molecule has 1 aromatic rings. The maximum Gasteiger partial charge on any atom is 0.0300 e. The summed E-state index contributed by atoms with van der Waals surface area (Å²) >= 11 is 4.07. The zero-order chi connectivity index (χ0) is 14.4. The summed E-state index contributed by atoms with van der Waals surface area (Å²) in [5.41, 5.74) is 1.54. The highest BCUT2D eigenvalue weighted by molar-refractivity contribution is 7.99. The minimum absolute atomic E-state index is 0.727. The summed E-state index contributed by atoms with van der Waals surface area (Å²) in [7, 11) is 0. The number of nitrogens with one attached hydrogen (secondary N) is 1. The van der Waals surface area contributed by atoms with Crippen molar-refractivity contribution in [3.05, 3.63) is 21.4 Å². The zero-order valence-corrected chi connectivity index (χ0v) is 14.7. The Morgan fingerprint density at radius 1 is 1.30 bits per heavy atom. The molecule has 4 heteroatoms. The Kier molecular flexibility index (Phi) is 6.88. The van der Waals surface area contributed by atoms with Gasteiger partial charge < -0.3 is 5.32 Å². The fourth-order valence-electron chi connectivity index (χ4n) is 2.51. The summed E-state index contributed by atoms with van der Waals surface area (Å²) < 4.78 is 0. The van der Waals surface area contributed by atoms with Crippen LogP contribution < -0.4 is 5.32 Å². The fourth-order valence-corrected chi connectivity index (χ4v) is 4.46. The van der Waals surface area contributed by atoms with Crippen LogP contribution in [0.25, 0.3) is 0 Å². The number of aryl methyl sites for hydroxylation is 1. The van der Waals surface area contributed by atoms with Crippen LogP contribution in [-0.2, 0) is 13.1 Å². The van der Waals surface area contributed by atoms with E-state index in [9.17, 15) is 0 Å².